The van der Waals surface area contributed by atoms with Crippen LogP contribution in [0, 0.1) is 0 Å². The van der Waals surface area contributed by atoms with Crippen LogP contribution < -0.4 is 5.32 Å². The minimum atomic E-state index is 0.156. The summed E-state index contributed by atoms with van der Waals surface area (Å²) in [4.78, 5) is 21.1. The first-order valence-corrected chi connectivity index (χ1v) is 11.1. The number of hydrogen-bond donors (Lipinski definition) is 1. The van der Waals surface area contributed by atoms with Crippen LogP contribution in [0.5, 0.6) is 0 Å². The summed E-state index contributed by atoms with van der Waals surface area (Å²) in [6.45, 7) is 1.82. The highest BCUT2D eigenvalue weighted by Crippen LogP contribution is 2.32. The molecule has 0 spiro atoms. The molecule has 3 aromatic heterocycles. The SMILES string of the molecule is c1ccc(Nc2cc(-c3ccncc3)nc(C3CCCCN3Cc3ccccn3)n2)cc1. The first-order valence-electron chi connectivity index (χ1n) is 11.1. The van der Waals surface area contributed by atoms with Crippen molar-refractivity contribution in [1.29, 1.82) is 0 Å². The predicted molar refractivity (Wildman–Crippen MR) is 126 cm³/mol. The maximum absolute atomic E-state index is 5.02. The van der Waals surface area contributed by atoms with Crippen LogP contribution in [-0.2, 0) is 6.54 Å². The number of rotatable bonds is 6. The molecule has 0 aliphatic carbocycles. The minimum absolute atomic E-state index is 0.156. The zero-order valence-corrected chi connectivity index (χ0v) is 17.9. The summed E-state index contributed by atoms with van der Waals surface area (Å²) in [7, 11) is 0. The summed E-state index contributed by atoms with van der Waals surface area (Å²) < 4.78 is 0. The molecular weight excluding hydrogens is 396 g/mol. The average molecular weight is 423 g/mol. The van der Waals surface area contributed by atoms with Gasteiger partial charge in [0.15, 0.2) is 0 Å². The molecule has 6 heteroatoms. The Morgan fingerprint density at radius 1 is 0.875 bits per heavy atom. The monoisotopic (exact) mass is 422 g/mol. The van der Waals surface area contributed by atoms with Gasteiger partial charge in [-0.05, 0) is 55.8 Å². The van der Waals surface area contributed by atoms with Crippen molar-refractivity contribution in [1.82, 2.24) is 24.8 Å². The molecule has 5 rings (SSSR count). The molecule has 1 aliphatic rings. The van der Waals surface area contributed by atoms with Gasteiger partial charge in [0, 0.05) is 42.5 Å². The van der Waals surface area contributed by atoms with Gasteiger partial charge >= 0.3 is 0 Å². The van der Waals surface area contributed by atoms with E-state index < -0.39 is 0 Å². The van der Waals surface area contributed by atoms with Crippen LogP contribution in [0.3, 0.4) is 0 Å². The van der Waals surface area contributed by atoms with E-state index in [0.717, 1.165) is 53.8 Å². The Bertz CT molecular complexity index is 1130. The van der Waals surface area contributed by atoms with Crippen LogP contribution in [0.2, 0.25) is 0 Å². The van der Waals surface area contributed by atoms with E-state index in [9.17, 15) is 0 Å². The molecule has 4 aromatic rings. The van der Waals surface area contributed by atoms with Gasteiger partial charge in [0.1, 0.15) is 11.6 Å². The van der Waals surface area contributed by atoms with Crippen molar-refractivity contribution in [2.75, 3.05) is 11.9 Å². The van der Waals surface area contributed by atoms with E-state index in [1.165, 1.54) is 12.8 Å². The second-order valence-corrected chi connectivity index (χ2v) is 8.03. The molecule has 1 unspecified atom stereocenters. The molecule has 0 saturated carbocycles. The predicted octanol–water partition coefficient (Wildman–Crippen LogP) is 5.40. The van der Waals surface area contributed by atoms with Crippen LogP contribution in [-0.4, -0.2) is 31.4 Å². The summed E-state index contributed by atoms with van der Waals surface area (Å²) in [6.07, 6.45) is 8.86. The van der Waals surface area contributed by atoms with E-state index in [1.54, 1.807) is 12.4 Å². The van der Waals surface area contributed by atoms with Gasteiger partial charge in [0.25, 0.3) is 0 Å². The number of piperidine rings is 1. The van der Waals surface area contributed by atoms with E-state index in [-0.39, 0.29) is 6.04 Å². The summed E-state index contributed by atoms with van der Waals surface area (Å²) in [5, 5.41) is 3.46. The standard InChI is InChI=1S/C26H26N6/c1-2-8-21(9-3-1)29-25-18-23(20-12-15-27-16-13-20)30-26(31-25)24-11-5-7-17-32(24)19-22-10-4-6-14-28-22/h1-4,6,8-10,12-16,18,24H,5,7,11,17,19H2,(H,29,30,31). The Morgan fingerprint density at radius 3 is 2.53 bits per heavy atom. The highest BCUT2D eigenvalue weighted by atomic mass is 15.2. The maximum atomic E-state index is 5.02. The van der Waals surface area contributed by atoms with Gasteiger partial charge in [-0.3, -0.25) is 14.9 Å². The Balaban J connectivity index is 1.51. The summed E-state index contributed by atoms with van der Waals surface area (Å²) in [5.74, 6) is 1.66. The smallest absolute Gasteiger partial charge is 0.148 e. The van der Waals surface area contributed by atoms with E-state index in [0.29, 0.717) is 0 Å². The van der Waals surface area contributed by atoms with Gasteiger partial charge < -0.3 is 5.32 Å². The van der Waals surface area contributed by atoms with Crippen LogP contribution in [0.1, 0.15) is 36.8 Å². The lowest BCUT2D eigenvalue weighted by Crippen LogP contribution is -2.34. The fraction of sp³-hybridized carbons (Fsp3) is 0.231. The number of hydrogen-bond acceptors (Lipinski definition) is 6. The van der Waals surface area contributed by atoms with E-state index in [2.05, 4.69) is 26.3 Å². The number of likely N-dealkylation sites (tertiary alicyclic amines) is 1. The van der Waals surface area contributed by atoms with Gasteiger partial charge in [-0.1, -0.05) is 30.7 Å². The fourth-order valence-electron chi connectivity index (χ4n) is 4.19. The highest BCUT2D eigenvalue weighted by molar-refractivity contribution is 5.65. The molecule has 0 bridgehead atoms. The molecule has 1 N–H and O–H groups in total. The Hall–Kier alpha value is -3.64. The molecule has 1 aromatic carbocycles. The normalized spacial score (nSPS) is 16.6. The molecule has 0 radical (unpaired) electrons. The average Bonchev–Trinajstić information content (AvgIpc) is 2.86. The zero-order valence-electron chi connectivity index (χ0n) is 17.9. The number of benzene rings is 1. The Labute approximate surface area is 188 Å². The van der Waals surface area contributed by atoms with Crippen LogP contribution in [0.4, 0.5) is 11.5 Å². The number of para-hydroxylation sites is 1. The second kappa shape index (κ2) is 9.66. The molecule has 0 amide bonds. The Kier molecular flexibility index (Phi) is 6.12. The zero-order chi connectivity index (χ0) is 21.6. The van der Waals surface area contributed by atoms with Crippen molar-refractivity contribution < 1.29 is 0 Å². The van der Waals surface area contributed by atoms with Crippen LogP contribution in [0.25, 0.3) is 11.3 Å². The van der Waals surface area contributed by atoms with Crippen molar-refractivity contribution in [3.05, 3.63) is 96.8 Å². The number of aromatic nitrogens is 4. The highest BCUT2D eigenvalue weighted by Gasteiger charge is 2.27. The van der Waals surface area contributed by atoms with Gasteiger partial charge in [-0.15, -0.1) is 0 Å². The molecule has 6 nitrogen and oxygen atoms in total. The topological polar surface area (TPSA) is 66.8 Å². The number of anilines is 2. The lowest BCUT2D eigenvalue weighted by atomic mass is 10.0. The number of nitrogens with one attached hydrogen (secondary N) is 1. The third kappa shape index (κ3) is 4.81. The van der Waals surface area contributed by atoms with Gasteiger partial charge in [0.05, 0.1) is 17.4 Å². The molecule has 32 heavy (non-hydrogen) atoms. The lowest BCUT2D eigenvalue weighted by molar-refractivity contribution is 0.132. The van der Waals surface area contributed by atoms with Crippen molar-refractivity contribution in [2.45, 2.75) is 31.8 Å². The van der Waals surface area contributed by atoms with Gasteiger partial charge in [-0.2, -0.15) is 0 Å². The number of nitrogens with zero attached hydrogens (tertiary/aromatic N) is 5. The minimum Gasteiger partial charge on any atom is -0.340 e. The van der Waals surface area contributed by atoms with Crippen LogP contribution >= 0.6 is 0 Å². The quantitative estimate of drug-likeness (QED) is 0.448. The van der Waals surface area contributed by atoms with E-state index in [4.69, 9.17) is 9.97 Å². The summed E-state index contributed by atoms with van der Waals surface area (Å²) in [5.41, 5.74) is 4.02. The Morgan fingerprint density at radius 2 is 1.72 bits per heavy atom. The largest absolute Gasteiger partial charge is 0.340 e. The lowest BCUT2D eigenvalue weighted by Gasteiger charge is -2.34. The van der Waals surface area contributed by atoms with Crippen molar-refractivity contribution in [3.8, 4) is 11.3 Å². The molecular formula is C26H26N6. The third-order valence-electron chi connectivity index (χ3n) is 5.77. The molecule has 4 heterocycles. The molecule has 1 saturated heterocycles. The van der Waals surface area contributed by atoms with E-state index >= 15 is 0 Å². The number of pyridine rings is 2. The fourth-order valence-corrected chi connectivity index (χ4v) is 4.19. The van der Waals surface area contributed by atoms with E-state index in [1.807, 2.05) is 66.9 Å². The molecule has 1 fully saturated rings. The third-order valence-corrected chi connectivity index (χ3v) is 5.77. The van der Waals surface area contributed by atoms with Crippen molar-refractivity contribution >= 4 is 11.5 Å². The molecule has 1 atom stereocenters. The summed E-state index contributed by atoms with van der Waals surface area (Å²) >= 11 is 0. The van der Waals surface area contributed by atoms with Gasteiger partial charge in [-0.25, -0.2) is 9.97 Å². The second-order valence-electron chi connectivity index (χ2n) is 8.03. The van der Waals surface area contributed by atoms with Crippen molar-refractivity contribution in [2.24, 2.45) is 0 Å². The first-order chi connectivity index (χ1) is 15.8. The summed E-state index contributed by atoms with van der Waals surface area (Å²) in [6, 6.07) is 22.4. The van der Waals surface area contributed by atoms with Gasteiger partial charge in [0.2, 0.25) is 0 Å². The maximum Gasteiger partial charge on any atom is 0.148 e. The van der Waals surface area contributed by atoms with Crippen molar-refractivity contribution in [3.63, 3.8) is 0 Å². The molecule has 1 aliphatic heterocycles. The first kappa shape index (κ1) is 20.3. The van der Waals surface area contributed by atoms with Crippen LogP contribution in [0.15, 0.2) is 85.3 Å². The molecule has 160 valence electrons.